The maximum Gasteiger partial charge on any atom is 0.239 e. The Morgan fingerprint density at radius 2 is 2.10 bits per heavy atom. The van der Waals surface area contributed by atoms with Crippen LogP contribution in [0.25, 0.3) is 0 Å². The molecule has 0 saturated carbocycles. The molecule has 0 bridgehead atoms. The van der Waals surface area contributed by atoms with Crippen molar-refractivity contribution in [3.8, 4) is 0 Å². The summed E-state index contributed by atoms with van der Waals surface area (Å²) in [7, 11) is 0. The number of carbonyl (C=O) groups excluding carboxylic acids is 1. The van der Waals surface area contributed by atoms with Gasteiger partial charge in [0, 0.05) is 6.04 Å². The molecule has 104 valence electrons. The highest BCUT2D eigenvalue weighted by Gasteiger charge is 2.35. The molecular weight excluding hydrogens is 268 g/mol. The Morgan fingerprint density at radius 1 is 1.30 bits per heavy atom. The molecule has 1 amide bonds. The van der Waals surface area contributed by atoms with E-state index in [4.69, 9.17) is 5.73 Å². The van der Waals surface area contributed by atoms with Gasteiger partial charge in [0.25, 0.3) is 0 Å². The fourth-order valence-electron chi connectivity index (χ4n) is 3.08. The minimum atomic E-state index is -0.330. The van der Waals surface area contributed by atoms with Gasteiger partial charge in [0.2, 0.25) is 5.91 Å². The van der Waals surface area contributed by atoms with Crippen molar-refractivity contribution in [2.75, 3.05) is 6.54 Å². The average molecular weight is 286 g/mol. The Balaban J connectivity index is 1.93. The van der Waals surface area contributed by atoms with Crippen LogP contribution >= 0.6 is 11.3 Å². The summed E-state index contributed by atoms with van der Waals surface area (Å²) in [4.78, 5) is 14.2. The second kappa shape index (κ2) is 5.77. The summed E-state index contributed by atoms with van der Waals surface area (Å²) < 4.78 is 0. The highest BCUT2D eigenvalue weighted by Crippen LogP contribution is 2.39. The first-order valence-electron chi connectivity index (χ1n) is 6.89. The summed E-state index contributed by atoms with van der Waals surface area (Å²) in [5, 5.41) is 4.26. The molecule has 3 rings (SSSR count). The van der Waals surface area contributed by atoms with Crippen LogP contribution in [0.15, 0.2) is 47.2 Å². The SMILES string of the molecule is NC(=O)C(c1ccccc1)N1CCCC1c1ccsc1. The van der Waals surface area contributed by atoms with Crippen LogP contribution in [0.1, 0.15) is 36.1 Å². The average Bonchev–Trinajstić information content (AvgIpc) is 3.09. The van der Waals surface area contributed by atoms with Gasteiger partial charge < -0.3 is 5.73 Å². The molecule has 0 aliphatic carbocycles. The van der Waals surface area contributed by atoms with Gasteiger partial charge in [-0.1, -0.05) is 30.3 Å². The lowest BCUT2D eigenvalue weighted by Gasteiger charge is -2.31. The Morgan fingerprint density at radius 3 is 2.75 bits per heavy atom. The van der Waals surface area contributed by atoms with Gasteiger partial charge in [-0.15, -0.1) is 0 Å². The van der Waals surface area contributed by atoms with E-state index < -0.39 is 0 Å². The van der Waals surface area contributed by atoms with E-state index in [9.17, 15) is 4.79 Å². The van der Waals surface area contributed by atoms with E-state index in [-0.39, 0.29) is 11.9 Å². The fourth-order valence-corrected chi connectivity index (χ4v) is 3.78. The zero-order valence-corrected chi connectivity index (χ0v) is 12.1. The Bertz CT molecular complexity index is 567. The number of nitrogens with two attached hydrogens (primary N) is 1. The van der Waals surface area contributed by atoms with Crippen LogP contribution in [-0.4, -0.2) is 17.4 Å². The smallest absolute Gasteiger partial charge is 0.239 e. The molecule has 4 heteroatoms. The van der Waals surface area contributed by atoms with E-state index in [1.54, 1.807) is 11.3 Å². The summed E-state index contributed by atoms with van der Waals surface area (Å²) >= 11 is 1.70. The van der Waals surface area contributed by atoms with Crippen molar-refractivity contribution in [3.63, 3.8) is 0 Å². The van der Waals surface area contributed by atoms with Gasteiger partial charge in [-0.25, -0.2) is 0 Å². The Labute approximate surface area is 123 Å². The molecule has 1 fully saturated rings. The summed E-state index contributed by atoms with van der Waals surface area (Å²) in [5.41, 5.74) is 7.97. The van der Waals surface area contributed by atoms with Crippen LogP contribution in [0.4, 0.5) is 0 Å². The van der Waals surface area contributed by atoms with Gasteiger partial charge in [-0.2, -0.15) is 11.3 Å². The molecule has 2 unspecified atom stereocenters. The van der Waals surface area contributed by atoms with Crippen LogP contribution < -0.4 is 5.73 Å². The largest absolute Gasteiger partial charge is 0.368 e. The van der Waals surface area contributed by atoms with Crippen molar-refractivity contribution >= 4 is 17.2 Å². The number of carbonyl (C=O) groups is 1. The monoisotopic (exact) mass is 286 g/mol. The zero-order chi connectivity index (χ0) is 13.9. The number of hydrogen-bond acceptors (Lipinski definition) is 3. The number of primary amides is 1. The number of hydrogen-bond donors (Lipinski definition) is 1. The van der Waals surface area contributed by atoms with E-state index in [1.807, 2.05) is 30.3 Å². The molecule has 0 spiro atoms. The predicted octanol–water partition coefficient (Wildman–Crippen LogP) is 3.11. The zero-order valence-electron chi connectivity index (χ0n) is 11.2. The first-order valence-corrected chi connectivity index (χ1v) is 7.84. The van der Waals surface area contributed by atoms with Crippen molar-refractivity contribution in [1.82, 2.24) is 4.90 Å². The summed E-state index contributed by atoms with van der Waals surface area (Å²) in [6.45, 7) is 0.920. The quantitative estimate of drug-likeness (QED) is 0.938. The fraction of sp³-hybridized carbons (Fsp3) is 0.312. The van der Waals surface area contributed by atoms with Crippen LogP contribution in [0, 0.1) is 0 Å². The molecular formula is C16H18N2OS. The number of nitrogens with zero attached hydrogens (tertiary/aromatic N) is 1. The molecule has 1 aliphatic heterocycles. The van der Waals surface area contributed by atoms with Crippen LogP contribution in [-0.2, 0) is 4.79 Å². The van der Waals surface area contributed by atoms with E-state index in [0.29, 0.717) is 6.04 Å². The number of thiophene rings is 1. The third kappa shape index (κ3) is 2.49. The normalized spacial score (nSPS) is 20.9. The van der Waals surface area contributed by atoms with Crippen molar-refractivity contribution in [1.29, 1.82) is 0 Å². The highest BCUT2D eigenvalue weighted by atomic mass is 32.1. The van der Waals surface area contributed by atoms with Crippen molar-refractivity contribution in [2.24, 2.45) is 5.73 Å². The lowest BCUT2D eigenvalue weighted by atomic mass is 10.0. The number of amides is 1. The van der Waals surface area contributed by atoms with Gasteiger partial charge in [0.15, 0.2) is 0 Å². The van der Waals surface area contributed by atoms with Crippen molar-refractivity contribution in [3.05, 3.63) is 58.3 Å². The molecule has 3 nitrogen and oxygen atoms in total. The molecule has 2 N–H and O–H groups in total. The molecule has 2 aromatic rings. The molecule has 0 radical (unpaired) electrons. The highest BCUT2D eigenvalue weighted by molar-refractivity contribution is 7.07. The van der Waals surface area contributed by atoms with E-state index in [0.717, 1.165) is 24.9 Å². The molecule has 20 heavy (non-hydrogen) atoms. The molecule has 1 aromatic carbocycles. The molecule has 1 aliphatic rings. The Kier molecular flexibility index (Phi) is 3.85. The van der Waals surface area contributed by atoms with Crippen LogP contribution in [0.5, 0.6) is 0 Å². The van der Waals surface area contributed by atoms with E-state index in [2.05, 4.69) is 21.7 Å². The third-order valence-corrected chi connectivity index (χ3v) is 4.64. The van der Waals surface area contributed by atoms with E-state index in [1.165, 1.54) is 5.56 Å². The first kappa shape index (κ1) is 13.3. The number of likely N-dealkylation sites (tertiary alicyclic amines) is 1. The van der Waals surface area contributed by atoms with Crippen molar-refractivity contribution < 1.29 is 4.79 Å². The molecule has 2 atom stereocenters. The van der Waals surface area contributed by atoms with Gasteiger partial charge >= 0.3 is 0 Å². The number of benzene rings is 1. The second-order valence-corrected chi connectivity index (χ2v) is 5.95. The maximum atomic E-state index is 12.0. The minimum Gasteiger partial charge on any atom is -0.368 e. The van der Waals surface area contributed by atoms with Gasteiger partial charge in [0.05, 0.1) is 0 Å². The lowest BCUT2D eigenvalue weighted by Crippen LogP contribution is -2.37. The lowest BCUT2D eigenvalue weighted by molar-refractivity contribution is -0.123. The molecule has 1 aromatic heterocycles. The third-order valence-electron chi connectivity index (χ3n) is 3.94. The molecule has 1 saturated heterocycles. The van der Waals surface area contributed by atoms with Crippen LogP contribution in [0.3, 0.4) is 0 Å². The minimum absolute atomic E-state index is 0.265. The predicted molar refractivity (Wildman–Crippen MR) is 81.4 cm³/mol. The maximum absolute atomic E-state index is 12.0. The second-order valence-electron chi connectivity index (χ2n) is 5.17. The van der Waals surface area contributed by atoms with Gasteiger partial charge in [-0.3, -0.25) is 9.69 Å². The van der Waals surface area contributed by atoms with Crippen molar-refractivity contribution in [2.45, 2.75) is 24.9 Å². The van der Waals surface area contributed by atoms with E-state index >= 15 is 0 Å². The topological polar surface area (TPSA) is 46.3 Å². The number of rotatable bonds is 4. The van der Waals surface area contributed by atoms with Gasteiger partial charge in [0.1, 0.15) is 6.04 Å². The summed E-state index contributed by atoms with van der Waals surface area (Å²) in [6, 6.07) is 12.0. The van der Waals surface area contributed by atoms with Crippen LogP contribution in [0.2, 0.25) is 0 Å². The molecule has 2 heterocycles. The summed E-state index contributed by atoms with van der Waals surface area (Å²) in [6.07, 6.45) is 2.20. The Hall–Kier alpha value is -1.65. The van der Waals surface area contributed by atoms with Gasteiger partial charge in [-0.05, 0) is 47.3 Å². The standard InChI is InChI=1S/C16H18N2OS/c17-16(19)15(12-5-2-1-3-6-12)18-9-4-7-14(18)13-8-10-20-11-13/h1-3,5-6,8,10-11,14-15H,4,7,9H2,(H2,17,19). The first-order chi connectivity index (χ1) is 9.77. The summed E-state index contributed by atoms with van der Waals surface area (Å²) in [5.74, 6) is -0.265.